The maximum atomic E-state index is 9.06. The van der Waals surface area contributed by atoms with Gasteiger partial charge in [0.2, 0.25) is 11.9 Å². The topological polar surface area (TPSA) is 143 Å². The van der Waals surface area contributed by atoms with Crippen LogP contribution in [0.25, 0.3) is 16.9 Å². The van der Waals surface area contributed by atoms with Crippen molar-refractivity contribution >= 4 is 17.7 Å². The van der Waals surface area contributed by atoms with Gasteiger partial charge in [-0.05, 0) is 12.1 Å². The monoisotopic (exact) mass is 422 g/mol. The lowest BCUT2D eigenvalue weighted by Gasteiger charge is -2.12. The first-order valence-corrected chi connectivity index (χ1v) is 9.60. The Morgan fingerprint density at radius 1 is 1.03 bits per heavy atom. The number of nitrogens with two attached hydrogens (primary N) is 1. The number of nitrogens with one attached hydrogen (secondary N) is 2. The van der Waals surface area contributed by atoms with Gasteiger partial charge in [-0.3, -0.25) is 0 Å². The van der Waals surface area contributed by atoms with Gasteiger partial charge >= 0.3 is 0 Å². The van der Waals surface area contributed by atoms with Gasteiger partial charge in [-0.2, -0.15) is 10.2 Å². The zero-order chi connectivity index (χ0) is 22.3. The summed E-state index contributed by atoms with van der Waals surface area (Å²) in [5, 5.41) is 15.3. The van der Waals surface area contributed by atoms with Crippen LogP contribution in [0.3, 0.4) is 0 Å². The summed E-state index contributed by atoms with van der Waals surface area (Å²) in [5.74, 6) is 3.52. The molecule has 10 heteroatoms. The third-order valence-corrected chi connectivity index (χ3v) is 4.50. The predicted octanol–water partition coefficient (Wildman–Crippen LogP) is 2.08. The fourth-order valence-corrected chi connectivity index (χ4v) is 2.91. The Balaban J connectivity index is 1.49. The number of terminal acetylenes is 1. The Morgan fingerprint density at radius 2 is 1.75 bits per heavy atom. The lowest BCUT2D eigenvalue weighted by Crippen LogP contribution is -2.17. The van der Waals surface area contributed by atoms with Crippen molar-refractivity contribution in [1.29, 1.82) is 5.26 Å². The fraction of sp³-hybridized carbons (Fsp3) is 0.0909. The molecule has 0 unspecified atom stereocenters. The summed E-state index contributed by atoms with van der Waals surface area (Å²) in [4.78, 5) is 21.4. The molecule has 1 aromatic carbocycles. The van der Waals surface area contributed by atoms with E-state index in [4.69, 9.17) is 17.4 Å². The highest BCUT2D eigenvalue weighted by Gasteiger charge is 2.12. The van der Waals surface area contributed by atoms with E-state index in [-0.39, 0.29) is 5.82 Å². The Kier molecular flexibility index (Phi) is 5.87. The van der Waals surface area contributed by atoms with Crippen LogP contribution < -0.4 is 16.4 Å². The molecule has 3 heterocycles. The molecule has 0 aliphatic carbocycles. The first kappa shape index (κ1) is 20.3. The third kappa shape index (κ3) is 4.45. The number of hydrogen-bond acceptors (Lipinski definition) is 9. The van der Waals surface area contributed by atoms with E-state index in [0.29, 0.717) is 41.8 Å². The fourth-order valence-electron chi connectivity index (χ4n) is 2.91. The number of aromatic nitrogens is 6. The first-order chi connectivity index (χ1) is 15.7. The zero-order valence-electron chi connectivity index (χ0n) is 16.9. The molecule has 0 aliphatic rings. The lowest BCUT2D eigenvalue weighted by atomic mass is 10.1. The SMILES string of the molecule is C#Cc1cnc(NCCNc2ncc(-n3ccnc3)c(-c3ccc(C#N)cc3)n2)nc1N. The normalized spacial score (nSPS) is 10.2. The largest absolute Gasteiger partial charge is 0.382 e. The second-order valence-corrected chi connectivity index (χ2v) is 6.58. The molecule has 0 atom stereocenters. The van der Waals surface area contributed by atoms with Crippen LogP contribution in [0.15, 0.2) is 55.4 Å². The molecule has 0 radical (unpaired) electrons. The Labute approximate surface area is 184 Å². The second kappa shape index (κ2) is 9.24. The van der Waals surface area contributed by atoms with Gasteiger partial charge in [-0.1, -0.05) is 18.1 Å². The van der Waals surface area contributed by atoms with Gasteiger partial charge in [0, 0.05) is 31.0 Å². The Hall–Kier alpha value is -4.96. The summed E-state index contributed by atoms with van der Waals surface area (Å²) in [6.07, 6.45) is 13.7. The average Bonchev–Trinajstić information content (AvgIpc) is 3.37. The molecule has 4 rings (SSSR count). The minimum Gasteiger partial charge on any atom is -0.382 e. The van der Waals surface area contributed by atoms with Crippen molar-refractivity contribution in [3.05, 3.63) is 66.5 Å². The van der Waals surface area contributed by atoms with E-state index in [9.17, 15) is 0 Å². The van der Waals surface area contributed by atoms with E-state index in [2.05, 4.69) is 47.5 Å². The predicted molar refractivity (Wildman–Crippen MR) is 121 cm³/mol. The van der Waals surface area contributed by atoms with Crippen LogP contribution in [0.2, 0.25) is 0 Å². The molecule has 0 bridgehead atoms. The smallest absolute Gasteiger partial charge is 0.224 e. The van der Waals surface area contributed by atoms with Gasteiger partial charge in [0.1, 0.15) is 5.82 Å². The highest BCUT2D eigenvalue weighted by atomic mass is 15.2. The third-order valence-electron chi connectivity index (χ3n) is 4.50. The van der Waals surface area contributed by atoms with Gasteiger partial charge < -0.3 is 20.9 Å². The van der Waals surface area contributed by atoms with E-state index in [1.54, 1.807) is 30.9 Å². The molecular weight excluding hydrogens is 404 g/mol. The molecule has 156 valence electrons. The number of imidazole rings is 1. The van der Waals surface area contributed by atoms with Crippen molar-refractivity contribution in [2.75, 3.05) is 29.5 Å². The van der Waals surface area contributed by atoms with Gasteiger partial charge in [-0.15, -0.1) is 6.42 Å². The molecule has 10 nitrogen and oxygen atoms in total. The number of anilines is 3. The molecule has 4 N–H and O–H groups in total. The highest BCUT2D eigenvalue weighted by molar-refractivity contribution is 5.70. The van der Waals surface area contributed by atoms with Crippen molar-refractivity contribution in [2.45, 2.75) is 0 Å². The molecule has 0 saturated carbocycles. The number of nitrogens with zero attached hydrogens (tertiary/aromatic N) is 7. The molecular formula is C22H18N10. The summed E-state index contributed by atoms with van der Waals surface area (Å²) in [7, 11) is 0. The van der Waals surface area contributed by atoms with Crippen molar-refractivity contribution < 1.29 is 0 Å². The molecule has 0 saturated heterocycles. The number of nitrogen functional groups attached to an aromatic ring is 1. The van der Waals surface area contributed by atoms with E-state index >= 15 is 0 Å². The maximum Gasteiger partial charge on any atom is 0.224 e. The Bertz CT molecular complexity index is 1300. The van der Waals surface area contributed by atoms with Gasteiger partial charge in [-0.25, -0.2) is 19.9 Å². The van der Waals surface area contributed by atoms with Crippen molar-refractivity contribution in [3.63, 3.8) is 0 Å². The summed E-state index contributed by atoms with van der Waals surface area (Å²) in [6.45, 7) is 1.02. The minimum atomic E-state index is 0.253. The van der Waals surface area contributed by atoms with Gasteiger partial charge in [0.15, 0.2) is 0 Å². The van der Waals surface area contributed by atoms with Crippen LogP contribution in [0.5, 0.6) is 0 Å². The molecule has 3 aromatic heterocycles. The number of benzene rings is 1. The van der Waals surface area contributed by atoms with Crippen molar-refractivity contribution in [2.24, 2.45) is 0 Å². The molecule has 0 aliphatic heterocycles. The summed E-state index contributed by atoms with van der Waals surface area (Å²) in [5.41, 5.74) is 9.14. The first-order valence-electron chi connectivity index (χ1n) is 9.60. The van der Waals surface area contributed by atoms with Crippen LogP contribution in [-0.2, 0) is 0 Å². The minimum absolute atomic E-state index is 0.253. The van der Waals surface area contributed by atoms with Crippen LogP contribution in [0, 0.1) is 23.7 Å². The van der Waals surface area contributed by atoms with Crippen LogP contribution in [-0.4, -0.2) is 42.6 Å². The molecule has 32 heavy (non-hydrogen) atoms. The van der Waals surface area contributed by atoms with Crippen molar-refractivity contribution in [1.82, 2.24) is 29.5 Å². The van der Waals surface area contributed by atoms with Gasteiger partial charge in [0.25, 0.3) is 0 Å². The maximum absolute atomic E-state index is 9.06. The standard InChI is InChI=1S/C22H18N10/c1-2-16-12-28-22(31-20(16)24)27-8-7-26-21-29-13-18(32-10-9-25-14-32)19(30-21)17-5-3-15(11-23)4-6-17/h1,3-6,9-10,12-14H,7-8H2,(H,26,29,30)(H3,24,27,28,31). The van der Waals surface area contributed by atoms with Crippen LogP contribution in [0.4, 0.5) is 17.7 Å². The molecule has 4 aromatic rings. The number of nitriles is 1. The summed E-state index contributed by atoms with van der Waals surface area (Å²) >= 11 is 0. The number of hydrogen-bond donors (Lipinski definition) is 3. The Morgan fingerprint density at radius 3 is 2.38 bits per heavy atom. The molecule has 0 fully saturated rings. The lowest BCUT2D eigenvalue weighted by molar-refractivity contribution is 0.978. The molecule has 0 amide bonds. The van der Waals surface area contributed by atoms with E-state index in [1.807, 2.05) is 22.9 Å². The van der Waals surface area contributed by atoms with E-state index in [1.165, 1.54) is 6.20 Å². The van der Waals surface area contributed by atoms with E-state index < -0.39 is 0 Å². The van der Waals surface area contributed by atoms with Crippen LogP contribution in [0.1, 0.15) is 11.1 Å². The second-order valence-electron chi connectivity index (χ2n) is 6.58. The average molecular weight is 422 g/mol. The van der Waals surface area contributed by atoms with Crippen molar-refractivity contribution in [3.8, 4) is 35.4 Å². The van der Waals surface area contributed by atoms with E-state index in [0.717, 1.165) is 11.3 Å². The highest BCUT2D eigenvalue weighted by Crippen LogP contribution is 2.25. The quantitative estimate of drug-likeness (QED) is 0.301. The summed E-state index contributed by atoms with van der Waals surface area (Å²) in [6, 6.07) is 9.34. The zero-order valence-corrected chi connectivity index (χ0v) is 16.9. The van der Waals surface area contributed by atoms with Crippen LogP contribution >= 0.6 is 0 Å². The molecule has 0 spiro atoms. The van der Waals surface area contributed by atoms with Gasteiger partial charge in [0.05, 0.1) is 47.3 Å². The number of rotatable bonds is 7. The summed E-state index contributed by atoms with van der Waals surface area (Å²) < 4.78 is 1.83.